The summed E-state index contributed by atoms with van der Waals surface area (Å²) in [7, 11) is 5.07. The van der Waals surface area contributed by atoms with Crippen LogP contribution in [0.4, 0.5) is 17.1 Å². The number of nitrogens with zero attached hydrogens (tertiary/aromatic N) is 2. The quantitative estimate of drug-likeness (QED) is 0.208. The lowest BCUT2D eigenvalue weighted by atomic mass is 9.99. The van der Waals surface area contributed by atoms with Gasteiger partial charge in [-0.05, 0) is 61.6 Å². The number of methoxy groups -OCH3 is 1. The highest BCUT2D eigenvalue weighted by Gasteiger charge is 2.29. The summed E-state index contributed by atoms with van der Waals surface area (Å²) < 4.78 is 4.84. The zero-order chi connectivity index (χ0) is 29.6. The van der Waals surface area contributed by atoms with E-state index in [1.165, 1.54) is 7.11 Å². The van der Waals surface area contributed by atoms with Crippen LogP contribution in [0.5, 0.6) is 0 Å². The molecular formula is C34H32N4O4. The van der Waals surface area contributed by atoms with E-state index in [1.807, 2.05) is 104 Å². The number of carbonyl (C=O) groups excluding carboxylic acids is 3. The van der Waals surface area contributed by atoms with Gasteiger partial charge >= 0.3 is 5.97 Å². The van der Waals surface area contributed by atoms with Crippen LogP contribution in [0, 0.1) is 0 Å². The molecule has 0 unspecified atom stereocenters. The van der Waals surface area contributed by atoms with E-state index >= 15 is 0 Å². The Labute approximate surface area is 245 Å². The first-order valence-electron chi connectivity index (χ1n) is 13.5. The third-order valence-corrected chi connectivity index (χ3v) is 6.88. The maximum atomic E-state index is 13.3. The molecule has 0 radical (unpaired) electrons. The van der Waals surface area contributed by atoms with E-state index in [-0.39, 0.29) is 18.4 Å². The SMILES string of the molecule is COC(=O)c1ccc2c(c1)NC(=O)C2=C(Nc1ccc(N(Cc2ccccc2)C(=O)CN(C)C)cc1)c1ccccc1. The molecule has 4 aromatic rings. The molecular weight excluding hydrogens is 528 g/mol. The molecule has 8 heteroatoms. The minimum absolute atomic E-state index is 0.0118. The minimum Gasteiger partial charge on any atom is -0.465 e. The van der Waals surface area contributed by atoms with Crippen molar-refractivity contribution in [1.29, 1.82) is 0 Å². The number of nitrogens with one attached hydrogen (secondary N) is 2. The monoisotopic (exact) mass is 560 g/mol. The summed E-state index contributed by atoms with van der Waals surface area (Å²) in [6, 6.07) is 32.1. The number of fused-ring (bicyclic) bond motifs is 1. The van der Waals surface area contributed by atoms with E-state index in [0.29, 0.717) is 34.6 Å². The highest BCUT2D eigenvalue weighted by molar-refractivity contribution is 6.37. The Morgan fingerprint density at radius 2 is 1.50 bits per heavy atom. The van der Waals surface area contributed by atoms with Crippen LogP contribution in [0.25, 0.3) is 11.3 Å². The van der Waals surface area contributed by atoms with Crippen molar-refractivity contribution in [2.75, 3.05) is 43.3 Å². The fourth-order valence-corrected chi connectivity index (χ4v) is 4.86. The highest BCUT2D eigenvalue weighted by atomic mass is 16.5. The first-order valence-corrected chi connectivity index (χ1v) is 13.5. The largest absolute Gasteiger partial charge is 0.465 e. The van der Waals surface area contributed by atoms with E-state index in [9.17, 15) is 14.4 Å². The van der Waals surface area contributed by atoms with Crippen molar-refractivity contribution in [1.82, 2.24) is 4.90 Å². The maximum absolute atomic E-state index is 13.3. The molecule has 1 aliphatic rings. The molecule has 2 amide bonds. The second-order valence-electron chi connectivity index (χ2n) is 10.2. The summed E-state index contributed by atoms with van der Waals surface area (Å²) in [6.45, 7) is 0.730. The summed E-state index contributed by atoms with van der Waals surface area (Å²) in [5.41, 5.74) is 6.03. The van der Waals surface area contributed by atoms with Gasteiger partial charge in [-0.15, -0.1) is 0 Å². The molecule has 1 aliphatic heterocycles. The zero-order valence-electron chi connectivity index (χ0n) is 23.8. The molecule has 212 valence electrons. The van der Waals surface area contributed by atoms with Gasteiger partial charge in [-0.25, -0.2) is 4.79 Å². The van der Waals surface area contributed by atoms with Gasteiger partial charge in [0.05, 0.1) is 42.7 Å². The van der Waals surface area contributed by atoms with Crippen LogP contribution in [-0.4, -0.2) is 50.4 Å². The lowest BCUT2D eigenvalue weighted by Crippen LogP contribution is -2.37. The lowest BCUT2D eigenvalue weighted by molar-refractivity contribution is -0.119. The van der Waals surface area contributed by atoms with Crippen LogP contribution in [-0.2, 0) is 20.9 Å². The van der Waals surface area contributed by atoms with Gasteiger partial charge in [0.15, 0.2) is 0 Å². The number of amides is 2. The van der Waals surface area contributed by atoms with Gasteiger partial charge < -0.3 is 25.2 Å². The van der Waals surface area contributed by atoms with Gasteiger partial charge in [-0.2, -0.15) is 0 Å². The van der Waals surface area contributed by atoms with Gasteiger partial charge in [0.1, 0.15) is 0 Å². The van der Waals surface area contributed by atoms with Crippen LogP contribution in [0.15, 0.2) is 103 Å². The third kappa shape index (κ3) is 6.24. The Kier molecular flexibility index (Phi) is 8.45. The maximum Gasteiger partial charge on any atom is 0.337 e. The Hall–Kier alpha value is -5.21. The van der Waals surface area contributed by atoms with Gasteiger partial charge in [0.25, 0.3) is 5.91 Å². The molecule has 0 atom stereocenters. The van der Waals surface area contributed by atoms with Gasteiger partial charge in [-0.3, -0.25) is 9.59 Å². The molecule has 0 spiro atoms. The summed E-state index contributed by atoms with van der Waals surface area (Å²) in [6.07, 6.45) is 0. The molecule has 0 aromatic heterocycles. The topological polar surface area (TPSA) is 91.0 Å². The van der Waals surface area contributed by atoms with E-state index < -0.39 is 5.97 Å². The smallest absolute Gasteiger partial charge is 0.337 e. The summed E-state index contributed by atoms with van der Waals surface area (Å²) in [4.78, 5) is 42.2. The average Bonchev–Trinajstić information content (AvgIpc) is 3.33. The zero-order valence-corrected chi connectivity index (χ0v) is 23.8. The van der Waals surface area contributed by atoms with Crippen molar-refractivity contribution in [2.45, 2.75) is 6.54 Å². The van der Waals surface area contributed by atoms with Gasteiger partial charge in [-0.1, -0.05) is 66.7 Å². The summed E-state index contributed by atoms with van der Waals surface area (Å²) in [5.74, 6) is -0.767. The number of hydrogen-bond acceptors (Lipinski definition) is 6. The number of anilines is 3. The molecule has 2 N–H and O–H groups in total. The number of benzene rings is 4. The molecule has 1 heterocycles. The number of likely N-dealkylation sites (N-methyl/N-ethyl adjacent to an activating group) is 1. The Morgan fingerprint density at radius 1 is 0.833 bits per heavy atom. The normalized spacial score (nSPS) is 13.3. The molecule has 0 bridgehead atoms. The molecule has 0 aliphatic carbocycles. The second kappa shape index (κ2) is 12.5. The molecule has 5 rings (SSSR count). The van der Waals surface area contributed by atoms with E-state index in [0.717, 1.165) is 22.5 Å². The number of ether oxygens (including phenoxy) is 1. The predicted molar refractivity (Wildman–Crippen MR) is 166 cm³/mol. The number of esters is 1. The van der Waals surface area contributed by atoms with Crippen molar-refractivity contribution >= 4 is 46.1 Å². The lowest BCUT2D eigenvalue weighted by Gasteiger charge is -2.25. The van der Waals surface area contributed by atoms with Crippen molar-refractivity contribution in [3.63, 3.8) is 0 Å². The first kappa shape index (κ1) is 28.3. The molecule has 4 aromatic carbocycles. The van der Waals surface area contributed by atoms with E-state index in [2.05, 4.69) is 10.6 Å². The molecule has 0 fully saturated rings. The van der Waals surface area contributed by atoms with Crippen LogP contribution in [0.1, 0.15) is 27.0 Å². The Morgan fingerprint density at radius 3 is 2.14 bits per heavy atom. The van der Waals surface area contributed by atoms with Crippen molar-refractivity contribution in [2.24, 2.45) is 0 Å². The van der Waals surface area contributed by atoms with E-state index in [1.54, 1.807) is 23.1 Å². The fraction of sp³-hybridized carbons (Fsp3) is 0.147. The minimum atomic E-state index is -0.476. The van der Waals surface area contributed by atoms with Crippen molar-refractivity contribution < 1.29 is 19.1 Å². The first-order chi connectivity index (χ1) is 20.3. The van der Waals surface area contributed by atoms with Crippen LogP contribution in [0.2, 0.25) is 0 Å². The van der Waals surface area contributed by atoms with Crippen LogP contribution < -0.4 is 15.5 Å². The Balaban J connectivity index is 1.50. The fourth-order valence-electron chi connectivity index (χ4n) is 4.86. The number of rotatable bonds is 9. The molecule has 8 nitrogen and oxygen atoms in total. The molecule has 0 saturated carbocycles. The number of hydrogen-bond donors (Lipinski definition) is 2. The molecule has 0 saturated heterocycles. The van der Waals surface area contributed by atoms with Crippen LogP contribution >= 0.6 is 0 Å². The van der Waals surface area contributed by atoms with Crippen LogP contribution in [0.3, 0.4) is 0 Å². The highest BCUT2D eigenvalue weighted by Crippen LogP contribution is 2.38. The third-order valence-electron chi connectivity index (χ3n) is 6.88. The van der Waals surface area contributed by atoms with Crippen molar-refractivity contribution in [3.05, 3.63) is 125 Å². The Bertz CT molecular complexity index is 1630. The summed E-state index contributed by atoms with van der Waals surface area (Å²) in [5, 5.41) is 6.34. The number of carbonyl (C=O) groups is 3. The standard InChI is InChI=1S/C34H32N4O4/c1-37(2)22-30(39)38(21-23-10-6-4-7-11-23)27-17-15-26(16-18-27)35-32(24-12-8-5-9-13-24)31-28-19-14-25(34(41)42-3)20-29(28)36-33(31)40/h4-20,35H,21-22H2,1-3H3,(H,36,40). The van der Waals surface area contributed by atoms with Gasteiger partial charge in [0.2, 0.25) is 5.91 Å². The predicted octanol–water partition coefficient (Wildman–Crippen LogP) is 5.50. The van der Waals surface area contributed by atoms with Crippen molar-refractivity contribution in [3.8, 4) is 0 Å². The average molecular weight is 561 g/mol. The van der Waals surface area contributed by atoms with E-state index in [4.69, 9.17) is 4.74 Å². The van der Waals surface area contributed by atoms with Gasteiger partial charge in [0, 0.05) is 16.9 Å². The summed E-state index contributed by atoms with van der Waals surface area (Å²) >= 11 is 0. The molecule has 42 heavy (non-hydrogen) atoms. The second-order valence-corrected chi connectivity index (χ2v) is 10.2.